The number of nitrogens with zero attached hydrogens (tertiary/aromatic N) is 1. The van der Waals surface area contributed by atoms with Gasteiger partial charge in [-0.15, -0.1) is 0 Å². The van der Waals surface area contributed by atoms with Crippen LogP contribution in [0.25, 0.3) is 0 Å². The highest BCUT2D eigenvalue weighted by molar-refractivity contribution is 5.16. The molecule has 88 valence electrons. The zero-order chi connectivity index (χ0) is 11.4. The summed E-state index contributed by atoms with van der Waals surface area (Å²) in [4.78, 5) is 2.23. The lowest BCUT2D eigenvalue weighted by molar-refractivity contribution is 0.0945. The quantitative estimate of drug-likeness (QED) is 0.789. The van der Waals surface area contributed by atoms with Crippen molar-refractivity contribution >= 4 is 0 Å². The molecule has 1 unspecified atom stereocenters. The number of aliphatic hydroxyl groups excluding tert-OH is 1. The standard InChI is InChI=1S/C12H17FN2O/c13-11-3-1-10(2-4-11)8-15-6-5-14-7-12(15)9-16/h1-4,12,14,16H,5-9H2. The minimum absolute atomic E-state index is 0.161. The normalized spacial score (nSPS) is 22.2. The molecule has 1 aromatic rings. The maximum atomic E-state index is 12.7. The molecule has 0 saturated carbocycles. The van der Waals surface area contributed by atoms with E-state index in [0.29, 0.717) is 0 Å². The molecule has 2 rings (SSSR count). The summed E-state index contributed by atoms with van der Waals surface area (Å²) >= 11 is 0. The Labute approximate surface area is 94.9 Å². The molecular weight excluding hydrogens is 207 g/mol. The van der Waals surface area contributed by atoms with Crippen LogP contribution in [0.2, 0.25) is 0 Å². The molecule has 0 spiro atoms. The number of piperazine rings is 1. The SMILES string of the molecule is OCC1CNCCN1Cc1ccc(F)cc1. The van der Waals surface area contributed by atoms with Gasteiger partial charge in [0.05, 0.1) is 6.61 Å². The van der Waals surface area contributed by atoms with Gasteiger partial charge in [0.25, 0.3) is 0 Å². The molecule has 0 radical (unpaired) electrons. The molecule has 1 aliphatic rings. The molecule has 1 heterocycles. The van der Waals surface area contributed by atoms with Gasteiger partial charge in [0.1, 0.15) is 5.82 Å². The van der Waals surface area contributed by atoms with Crippen molar-refractivity contribution in [3.8, 4) is 0 Å². The zero-order valence-corrected chi connectivity index (χ0v) is 9.19. The van der Waals surface area contributed by atoms with E-state index in [1.807, 2.05) is 0 Å². The number of halogens is 1. The minimum atomic E-state index is -0.206. The van der Waals surface area contributed by atoms with Crippen molar-refractivity contribution in [1.29, 1.82) is 0 Å². The van der Waals surface area contributed by atoms with E-state index in [2.05, 4.69) is 10.2 Å². The lowest BCUT2D eigenvalue weighted by atomic mass is 10.1. The second kappa shape index (κ2) is 5.39. The average molecular weight is 224 g/mol. The fraction of sp³-hybridized carbons (Fsp3) is 0.500. The smallest absolute Gasteiger partial charge is 0.123 e. The number of rotatable bonds is 3. The summed E-state index contributed by atoms with van der Waals surface area (Å²) in [6.45, 7) is 3.61. The van der Waals surface area contributed by atoms with Crippen LogP contribution in [0.3, 0.4) is 0 Å². The molecule has 4 heteroatoms. The summed E-state index contributed by atoms with van der Waals surface area (Å²) in [7, 11) is 0. The molecule has 1 saturated heterocycles. The Hall–Kier alpha value is -0.970. The molecule has 16 heavy (non-hydrogen) atoms. The third kappa shape index (κ3) is 2.78. The fourth-order valence-electron chi connectivity index (χ4n) is 2.02. The molecule has 0 aliphatic carbocycles. The minimum Gasteiger partial charge on any atom is -0.395 e. The van der Waals surface area contributed by atoms with Gasteiger partial charge >= 0.3 is 0 Å². The highest BCUT2D eigenvalue weighted by Gasteiger charge is 2.20. The van der Waals surface area contributed by atoms with Crippen LogP contribution in [0.4, 0.5) is 4.39 Å². The van der Waals surface area contributed by atoms with Crippen LogP contribution in [0.15, 0.2) is 24.3 Å². The summed E-state index contributed by atoms with van der Waals surface area (Å²) in [6.07, 6.45) is 0. The Morgan fingerprint density at radius 1 is 1.38 bits per heavy atom. The number of benzene rings is 1. The first-order valence-electron chi connectivity index (χ1n) is 5.59. The summed E-state index contributed by atoms with van der Waals surface area (Å²) < 4.78 is 12.7. The van der Waals surface area contributed by atoms with E-state index in [1.54, 1.807) is 12.1 Å². The van der Waals surface area contributed by atoms with Crippen LogP contribution >= 0.6 is 0 Å². The molecule has 1 fully saturated rings. The van der Waals surface area contributed by atoms with E-state index in [4.69, 9.17) is 0 Å². The van der Waals surface area contributed by atoms with Crippen molar-refractivity contribution < 1.29 is 9.50 Å². The summed E-state index contributed by atoms with van der Waals surface area (Å²) in [5.74, 6) is -0.206. The molecule has 0 amide bonds. The van der Waals surface area contributed by atoms with Gasteiger partial charge in [-0.25, -0.2) is 4.39 Å². The van der Waals surface area contributed by atoms with Gasteiger partial charge in [0.2, 0.25) is 0 Å². The van der Waals surface area contributed by atoms with Crippen LogP contribution in [-0.2, 0) is 6.54 Å². The van der Waals surface area contributed by atoms with E-state index in [-0.39, 0.29) is 18.5 Å². The van der Waals surface area contributed by atoms with Gasteiger partial charge in [0.15, 0.2) is 0 Å². The summed E-state index contributed by atoms with van der Waals surface area (Å²) in [6, 6.07) is 6.72. The number of nitrogens with one attached hydrogen (secondary N) is 1. The first kappa shape index (κ1) is 11.5. The van der Waals surface area contributed by atoms with Gasteiger partial charge in [-0.05, 0) is 17.7 Å². The second-order valence-corrected chi connectivity index (χ2v) is 4.14. The summed E-state index contributed by atoms with van der Waals surface area (Å²) in [5.41, 5.74) is 1.08. The van der Waals surface area contributed by atoms with Crippen molar-refractivity contribution in [2.45, 2.75) is 12.6 Å². The van der Waals surface area contributed by atoms with Gasteiger partial charge in [0, 0.05) is 32.2 Å². The van der Waals surface area contributed by atoms with E-state index >= 15 is 0 Å². The topological polar surface area (TPSA) is 35.5 Å². The zero-order valence-electron chi connectivity index (χ0n) is 9.19. The third-order valence-electron chi connectivity index (χ3n) is 2.98. The monoisotopic (exact) mass is 224 g/mol. The van der Waals surface area contributed by atoms with Crippen molar-refractivity contribution in [1.82, 2.24) is 10.2 Å². The number of hydrogen-bond donors (Lipinski definition) is 2. The summed E-state index contributed by atoms with van der Waals surface area (Å²) in [5, 5.41) is 12.5. The molecule has 1 aromatic carbocycles. The average Bonchev–Trinajstić information content (AvgIpc) is 2.33. The molecule has 1 atom stereocenters. The molecule has 0 aromatic heterocycles. The fourth-order valence-corrected chi connectivity index (χ4v) is 2.02. The maximum absolute atomic E-state index is 12.7. The van der Waals surface area contributed by atoms with Crippen LogP contribution in [0, 0.1) is 5.82 Å². The van der Waals surface area contributed by atoms with Crippen molar-refractivity contribution in [2.75, 3.05) is 26.2 Å². The first-order valence-corrected chi connectivity index (χ1v) is 5.59. The predicted molar refractivity (Wildman–Crippen MR) is 60.6 cm³/mol. The van der Waals surface area contributed by atoms with Gasteiger partial charge in [-0.2, -0.15) is 0 Å². The van der Waals surface area contributed by atoms with Crippen molar-refractivity contribution in [3.63, 3.8) is 0 Å². The molecule has 1 aliphatic heterocycles. The van der Waals surface area contributed by atoms with Crippen molar-refractivity contribution in [3.05, 3.63) is 35.6 Å². The highest BCUT2D eigenvalue weighted by atomic mass is 19.1. The van der Waals surface area contributed by atoms with E-state index < -0.39 is 0 Å². The number of hydrogen-bond acceptors (Lipinski definition) is 3. The highest BCUT2D eigenvalue weighted by Crippen LogP contribution is 2.10. The Kier molecular flexibility index (Phi) is 3.88. The molecule has 3 nitrogen and oxygen atoms in total. The van der Waals surface area contributed by atoms with Crippen LogP contribution < -0.4 is 5.32 Å². The van der Waals surface area contributed by atoms with Crippen LogP contribution in [-0.4, -0.2) is 42.3 Å². The molecule has 0 bridgehead atoms. The van der Waals surface area contributed by atoms with Gasteiger partial charge < -0.3 is 10.4 Å². The van der Waals surface area contributed by atoms with Crippen LogP contribution in [0.5, 0.6) is 0 Å². The Bertz CT molecular complexity index is 328. The van der Waals surface area contributed by atoms with E-state index in [0.717, 1.165) is 31.7 Å². The Morgan fingerprint density at radius 2 is 2.12 bits per heavy atom. The lowest BCUT2D eigenvalue weighted by Crippen LogP contribution is -2.52. The predicted octanol–water partition coefficient (Wildman–Crippen LogP) is 0.592. The van der Waals surface area contributed by atoms with E-state index in [9.17, 15) is 9.50 Å². The van der Waals surface area contributed by atoms with Crippen molar-refractivity contribution in [2.24, 2.45) is 0 Å². The molecule has 2 N–H and O–H groups in total. The molecular formula is C12H17FN2O. The lowest BCUT2D eigenvalue weighted by Gasteiger charge is -2.35. The van der Waals surface area contributed by atoms with Crippen LogP contribution in [0.1, 0.15) is 5.56 Å². The number of aliphatic hydroxyl groups is 1. The van der Waals surface area contributed by atoms with E-state index in [1.165, 1.54) is 12.1 Å². The third-order valence-corrected chi connectivity index (χ3v) is 2.98. The maximum Gasteiger partial charge on any atom is 0.123 e. The second-order valence-electron chi connectivity index (χ2n) is 4.14. The Balaban J connectivity index is 1.99. The Morgan fingerprint density at radius 3 is 2.81 bits per heavy atom. The first-order chi connectivity index (χ1) is 7.79. The van der Waals surface area contributed by atoms with Gasteiger partial charge in [-0.1, -0.05) is 12.1 Å². The van der Waals surface area contributed by atoms with Gasteiger partial charge in [-0.3, -0.25) is 4.90 Å². The largest absolute Gasteiger partial charge is 0.395 e.